The number of hydrogen-bond donors (Lipinski definition) is 0. The summed E-state index contributed by atoms with van der Waals surface area (Å²) in [6.45, 7) is 10.1. The van der Waals surface area contributed by atoms with E-state index >= 15 is 0 Å². The summed E-state index contributed by atoms with van der Waals surface area (Å²) in [4.78, 5) is 15.0. The van der Waals surface area contributed by atoms with E-state index in [0.717, 1.165) is 35.2 Å². The predicted molar refractivity (Wildman–Crippen MR) is 112 cm³/mol. The summed E-state index contributed by atoms with van der Waals surface area (Å²) in [5.74, 6) is 1.43. The summed E-state index contributed by atoms with van der Waals surface area (Å²) < 4.78 is 8.56. The van der Waals surface area contributed by atoms with Crippen molar-refractivity contribution in [2.75, 3.05) is 31.2 Å². The Morgan fingerprint density at radius 1 is 1.19 bits per heavy atom. The van der Waals surface area contributed by atoms with Crippen LogP contribution in [0.15, 0.2) is 33.9 Å². The van der Waals surface area contributed by atoms with Crippen LogP contribution in [-0.2, 0) is 11.3 Å². The van der Waals surface area contributed by atoms with Crippen molar-refractivity contribution in [3.05, 3.63) is 34.3 Å². The monoisotopic (exact) mass is 452 g/mol. The van der Waals surface area contributed by atoms with E-state index in [1.54, 1.807) is 0 Å². The van der Waals surface area contributed by atoms with Crippen LogP contribution in [0.3, 0.4) is 0 Å². The van der Waals surface area contributed by atoms with Crippen molar-refractivity contribution in [1.29, 1.82) is 0 Å². The zero-order valence-corrected chi connectivity index (χ0v) is 18.3. The average molecular weight is 453 g/mol. The molecule has 8 heteroatoms. The van der Waals surface area contributed by atoms with Gasteiger partial charge in [0.1, 0.15) is 0 Å². The van der Waals surface area contributed by atoms with Crippen LogP contribution in [0.1, 0.15) is 31.1 Å². The third-order valence-electron chi connectivity index (χ3n) is 4.32. The number of thioether (sulfide) groups is 1. The van der Waals surface area contributed by atoms with Crippen molar-refractivity contribution in [1.82, 2.24) is 14.8 Å². The van der Waals surface area contributed by atoms with Crippen molar-refractivity contribution in [3.63, 3.8) is 0 Å². The number of Topliss-reactive ketones (excluding diaryl/α,β-unsaturated/α-hetero) is 1. The quantitative estimate of drug-likeness (QED) is 0.468. The molecule has 1 fully saturated rings. The number of hydrogen-bond acceptors (Lipinski definition) is 6. The highest BCUT2D eigenvalue weighted by atomic mass is 79.9. The molecule has 0 aliphatic carbocycles. The number of benzene rings is 1. The number of aromatic nitrogens is 3. The van der Waals surface area contributed by atoms with Gasteiger partial charge in [-0.05, 0) is 25.0 Å². The zero-order chi connectivity index (χ0) is 19.4. The molecule has 0 radical (unpaired) electrons. The van der Waals surface area contributed by atoms with Gasteiger partial charge in [0, 0.05) is 29.7 Å². The lowest BCUT2D eigenvalue weighted by Crippen LogP contribution is -2.38. The molecule has 1 saturated heterocycles. The van der Waals surface area contributed by atoms with Crippen LogP contribution in [0.5, 0.6) is 0 Å². The topological polar surface area (TPSA) is 60.2 Å². The van der Waals surface area contributed by atoms with E-state index in [-0.39, 0.29) is 11.0 Å². The van der Waals surface area contributed by atoms with Crippen molar-refractivity contribution in [2.45, 2.75) is 37.7 Å². The van der Waals surface area contributed by atoms with Crippen LogP contribution in [0.4, 0.5) is 5.95 Å². The van der Waals surface area contributed by atoms with Gasteiger partial charge in [0.25, 0.3) is 0 Å². The second kappa shape index (κ2) is 9.21. The maximum atomic E-state index is 12.8. The number of ketones is 1. The summed E-state index contributed by atoms with van der Waals surface area (Å²) in [6.07, 6.45) is 0. The molecule has 0 amide bonds. The molecule has 0 spiro atoms. The van der Waals surface area contributed by atoms with E-state index < -0.39 is 0 Å². The molecule has 0 N–H and O–H groups in total. The SMILES string of the molecule is CC(C)Cn1c(S[C@@H](C)C(=O)c2ccc(Br)cc2)nnc1N1CCOCC1. The predicted octanol–water partition coefficient (Wildman–Crippen LogP) is 3.90. The Hall–Kier alpha value is -1.38. The van der Waals surface area contributed by atoms with Crippen molar-refractivity contribution >= 4 is 39.4 Å². The standard InChI is InChI=1S/C19H25BrN4O2S/c1-13(2)12-24-18(23-8-10-26-11-9-23)21-22-19(24)27-14(3)17(25)15-4-6-16(20)7-5-15/h4-7,13-14H,8-12H2,1-3H3/t14-/m0/s1. The first-order valence-corrected chi connectivity index (χ1v) is 10.8. The van der Waals surface area contributed by atoms with Gasteiger partial charge in [0.2, 0.25) is 5.95 Å². The van der Waals surface area contributed by atoms with Gasteiger partial charge in [0.05, 0.1) is 18.5 Å². The first-order chi connectivity index (χ1) is 13.0. The van der Waals surface area contributed by atoms with Gasteiger partial charge in [-0.2, -0.15) is 0 Å². The Morgan fingerprint density at radius 3 is 2.48 bits per heavy atom. The van der Waals surface area contributed by atoms with Crippen molar-refractivity contribution in [3.8, 4) is 0 Å². The van der Waals surface area contributed by atoms with Gasteiger partial charge in [-0.3, -0.25) is 9.36 Å². The van der Waals surface area contributed by atoms with Gasteiger partial charge < -0.3 is 9.64 Å². The highest BCUT2D eigenvalue weighted by Crippen LogP contribution is 2.29. The highest BCUT2D eigenvalue weighted by molar-refractivity contribution is 9.10. The molecule has 27 heavy (non-hydrogen) atoms. The first kappa shape index (κ1) is 20.4. The summed E-state index contributed by atoms with van der Waals surface area (Å²) in [7, 11) is 0. The van der Waals surface area contributed by atoms with Crippen LogP contribution in [0, 0.1) is 5.92 Å². The number of ether oxygens (including phenoxy) is 1. The Morgan fingerprint density at radius 2 is 1.85 bits per heavy atom. The van der Waals surface area contributed by atoms with E-state index in [2.05, 4.69) is 49.4 Å². The number of morpholine rings is 1. The van der Waals surface area contributed by atoms with E-state index in [1.165, 1.54) is 11.8 Å². The Kier molecular flexibility index (Phi) is 6.94. The molecular formula is C19H25BrN4O2S. The Labute approximate surface area is 172 Å². The lowest BCUT2D eigenvalue weighted by atomic mass is 10.1. The van der Waals surface area contributed by atoms with Crippen LogP contribution in [0.2, 0.25) is 0 Å². The smallest absolute Gasteiger partial charge is 0.228 e. The number of carbonyl (C=O) groups is 1. The molecule has 1 aromatic heterocycles. The zero-order valence-electron chi connectivity index (χ0n) is 15.9. The number of nitrogens with zero attached hydrogens (tertiary/aromatic N) is 4. The summed E-state index contributed by atoms with van der Waals surface area (Å²) in [5, 5.41) is 9.40. The molecule has 3 rings (SSSR count). The van der Waals surface area contributed by atoms with Gasteiger partial charge in [-0.1, -0.05) is 53.7 Å². The van der Waals surface area contributed by atoms with Crippen LogP contribution >= 0.6 is 27.7 Å². The maximum absolute atomic E-state index is 12.8. The molecule has 0 bridgehead atoms. The second-order valence-electron chi connectivity index (χ2n) is 7.02. The van der Waals surface area contributed by atoms with Crippen LogP contribution in [0.25, 0.3) is 0 Å². The second-order valence-corrected chi connectivity index (χ2v) is 9.24. The lowest BCUT2D eigenvalue weighted by Gasteiger charge is -2.28. The summed E-state index contributed by atoms with van der Waals surface area (Å²) >= 11 is 4.88. The highest BCUT2D eigenvalue weighted by Gasteiger charge is 2.24. The Bertz CT molecular complexity index is 773. The van der Waals surface area contributed by atoms with Gasteiger partial charge in [0.15, 0.2) is 10.9 Å². The largest absolute Gasteiger partial charge is 0.378 e. The molecule has 1 atom stereocenters. The fourth-order valence-electron chi connectivity index (χ4n) is 2.95. The molecular weight excluding hydrogens is 428 g/mol. The molecule has 0 saturated carbocycles. The van der Waals surface area contributed by atoms with Crippen molar-refractivity contribution in [2.24, 2.45) is 5.92 Å². The maximum Gasteiger partial charge on any atom is 0.228 e. The number of carbonyl (C=O) groups excluding carboxylic acids is 1. The van der Waals surface area contributed by atoms with E-state index in [1.807, 2.05) is 31.2 Å². The van der Waals surface area contributed by atoms with Crippen molar-refractivity contribution < 1.29 is 9.53 Å². The van der Waals surface area contributed by atoms with Crippen LogP contribution < -0.4 is 4.90 Å². The molecule has 6 nitrogen and oxygen atoms in total. The lowest BCUT2D eigenvalue weighted by molar-refractivity contribution is 0.0994. The molecule has 2 aromatic rings. The summed E-state index contributed by atoms with van der Waals surface area (Å²) in [6, 6.07) is 7.48. The Balaban J connectivity index is 1.79. The van der Waals surface area contributed by atoms with E-state index in [4.69, 9.17) is 4.74 Å². The van der Waals surface area contributed by atoms with Gasteiger partial charge in [-0.25, -0.2) is 0 Å². The summed E-state index contributed by atoms with van der Waals surface area (Å²) in [5.41, 5.74) is 0.710. The third kappa shape index (κ3) is 5.12. The molecule has 1 aromatic carbocycles. The van der Waals surface area contributed by atoms with Crippen LogP contribution in [-0.4, -0.2) is 52.1 Å². The molecule has 0 unspecified atom stereocenters. The molecule has 1 aliphatic heterocycles. The molecule has 146 valence electrons. The minimum absolute atomic E-state index is 0.0968. The van der Waals surface area contributed by atoms with Gasteiger partial charge in [-0.15, -0.1) is 10.2 Å². The third-order valence-corrected chi connectivity index (χ3v) is 5.93. The minimum atomic E-state index is -0.237. The first-order valence-electron chi connectivity index (χ1n) is 9.18. The molecule has 1 aliphatic rings. The van der Waals surface area contributed by atoms with E-state index in [0.29, 0.717) is 24.7 Å². The average Bonchev–Trinajstić information content (AvgIpc) is 3.04. The number of rotatable bonds is 7. The molecule has 2 heterocycles. The normalized spacial score (nSPS) is 16.0. The van der Waals surface area contributed by atoms with E-state index in [9.17, 15) is 4.79 Å². The van der Waals surface area contributed by atoms with Gasteiger partial charge >= 0.3 is 0 Å². The fraction of sp³-hybridized carbons (Fsp3) is 0.526. The fourth-order valence-corrected chi connectivity index (χ4v) is 4.15. The number of halogens is 1. The number of anilines is 1. The minimum Gasteiger partial charge on any atom is -0.378 e.